The van der Waals surface area contributed by atoms with Crippen LogP contribution in [-0.4, -0.2) is 31.4 Å². The van der Waals surface area contributed by atoms with Crippen LogP contribution in [0, 0.1) is 6.92 Å². The van der Waals surface area contributed by atoms with Crippen LogP contribution in [0.3, 0.4) is 0 Å². The minimum atomic E-state index is 0.707. The second kappa shape index (κ2) is 7.81. The third kappa shape index (κ3) is 3.81. The maximum absolute atomic E-state index is 4.76. The standard InChI is InChI=1S/C23H21N5S/c1-16-4-2-3-5-20(16)22-7-6-19(29-22)14-28-9-8-21-18(13-28)12-26-23(27-21)17-10-24-15-25-11-17/h2-7,10-12,15H,8-9,13-14H2,1H3. The molecule has 0 saturated heterocycles. The van der Waals surface area contributed by atoms with E-state index in [9.17, 15) is 0 Å². The molecule has 0 fully saturated rings. The van der Waals surface area contributed by atoms with E-state index >= 15 is 0 Å². The highest BCUT2D eigenvalue weighted by Crippen LogP contribution is 2.31. The first-order valence-electron chi connectivity index (χ1n) is 9.73. The maximum Gasteiger partial charge on any atom is 0.162 e. The van der Waals surface area contributed by atoms with Crippen molar-refractivity contribution in [3.05, 3.63) is 83.0 Å². The van der Waals surface area contributed by atoms with E-state index in [1.165, 1.54) is 32.8 Å². The molecule has 5 nitrogen and oxygen atoms in total. The Hall–Kier alpha value is -2.96. The molecule has 0 spiro atoms. The van der Waals surface area contributed by atoms with Crippen LogP contribution in [0.2, 0.25) is 0 Å². The lowest BCUT2D eigenvalue weighted by atomic mass is 10.1. The molecule has 0 unspecified atom stereocenters. The summed E-state index contributed by atoms with van der Waals surface area (Å²) in [4.78, 5) is 22.6. The van der Waals surface area contributed by atoms with Gasteiger partial charge in [0, 0.05) is 60.0 Å². The molecule has 1 aromatic carbocycles. The third-order valence-electron chi connectivity index (χ3n) is 5.28. The average Bonchev–Trinajstić information content (AvgIpc) is 3.22. The number of hydrogen-bond acceptors (Lipinski definition) is 6. The van der Waals surface area contributed by atoms with Crippen LogP contribution < -0.4 is 0 Å². The molecule has 5 rings (SSSR count). The molecule has 0 amide bonds. The van der Waals surface area contributed by atoms with Gasteiger partial charge in [0.05, 0.1) is 11.3 Å². The lowest BCUT2D eigenvalue weighted by Gasteiger charge is -2.27. The van der Waals surface area contributed by atoms with Gasteiger partial charge in [-0.3, -0.25) is 4.90 Å². The van der Waals surface area contributed by atoms with Crippen molar-refractivity contribution in [2.45, 2.75) is 26.4 Å². The molecular weight excluding hydrogens is 378 g/mol. The monoisotopic (exact) mass is 399 g/mol. The van der Waals surface area contributed by atoms with E-state index in [2.05, 4.69) is 63.2 Å². The quantitative estimate of drug-likeness (QED) is 0.505. The van der Waals surface area contributed by atoms with Crippen LogP contribution >= 0.6 is 11.3 Å². The van der Waals surface area contributed by atoms with Crippen molar-refractivity contribution in [2.24, 2.45) is 0 Å². The zero-order valence-electron chi connectivity index (χ0n) is 16.2. The van der Waals surface area contributed by atoms with Crippen LogP contribution in [0.15, 0.2) is 61.3 Å². The Morgan fingerprint density at radius 2 is 1.90 bits per heavy atom. The molecule has 0 N–H and O–H groups in total. The molecule has 1 aliphatic heterocycles. The minimum absolute atomic E-state index is 0.707. The summed E-state index contributed by atoms with van der Waals surface area (Å²) in [6, 6.07) is 13.1. The van der Waals surface area contributed by atoms with Crippen molar-refractivity contribution in [1.82, 2.24) is 24.8 Å². The van der Waals surface area contributed by atoms with E-state index in [0.29, 0.717) is 5.82 Å². The smallest absolute Gasteiger partial charge is 0.162 e. The number of aryl methyl sites for hydroxylation is 1. The molecular formula is C23H21N5S. The van der Waals surface area contributed by atoms with Crippen molar-refractivity contribution in [2.75, 3.05) is 6.54 Å². The zero-order valence-corrected chi connectivity index (χ0v) is 17.1. The van der Waals surface area contributed by atoms with Gasteiger partial charge in [-0.1, -0.05) is 24.3 Å². The lowest BCUT2D eigenvalue weighted by molar-refractivity contribution is 0.245. The van der Waals surface area contributed by atoms with Gasteiger partial charge in [0.25, 0.3) is 0 Å². The van der Waals surface area contributed by atoms with Crippen LogP contribution in [0.4, 0.5) is 0 Å². The molecule has 0 saturated carbocycles. The Morgan fingerprint density at radius 3 is 2.76 bits per heavy atom. The van der Waals surface area contributed by atoms with E-state index in [4.69, 9.17) is 4.98 Å². The van der Waals surface area contributed by atoms with Gasteiger partial charge in [0.15, 0.2) is 5.82 Å². The summed E-state index contributed by atoms with van der Waals surface area (Å²) < 4.78 is 0. The zero-order chi connectivity index (χ0) is 19.6. The molecule has 6 heteroatoms. The number of fused-ring (bicyclic) bond motifs is 1. The van der Waals surface area contributed by atoms with Crippen molar-refractivity contribution < 1.29 is 0 Å². The molecule has 0 atom stereocenters. The normalized spacial score (nSPS) is 14.0. The fraction of sp³-hybridized carbons (Fsp3) is 0.217. The largest absolute Gasteiger partial charge is 0.293 e. The second-order valence-electron chi connectivity index (χ2n) is 7.33. The van der Waals surface area contributed by atoms with Crippen LogP contribution in [0.1, 0.15) is 21.7 Å². The topological polar surface area (TPSA) is 54.8 Å². The van der Waals surface area contributed by atoms with Gasteiger partial charge in [0.2, 0.25) is 0 Å². The van der Waals surface area contributed by atoms with Gasteiger partial charge in [-0.15, -0.1) is 11.3 Å². The summed E-state index contributed by atoms with van der Waals surface area (Å²) in [5.41, 5.74) is 5.87. The number of nitrogens with zero attached hydrogens (tertiary/aromatic N) is 5. The van der Waals surface area contributed by atoms with Crippen LogP contribution in [0.5, 0.6) is 0 Å². The first kappa shape index (κ1) is 18.1. The van der Waals surface area contributed by atoms with E-state index in [-0.39, 0.29) is 0 Å². The number of aromatic nitrogens is 4. The summed E-state index contributed by atoms with van der Waals surface area (Å²) in [6.45, 7) is 5.03. The summed E-state index contributed by atoms with van der Waals surface area (Å²) in [5.74, 6) is 0.707. The highest BCUT2D eigenvalue weighted by molar-refractivity contribution is 7.15. The highest BCUT2D eigenvalue weighted by Gasteiger charge is 2.20. The first-order chi connectivity index (χ1) is 14.3. The second-order valence-corrected chi connectivity index (χ2v) is 8.50. The van der Waals surface area contributed by atoms with Crippen molar-refractivity contribution in [3.8, 4) is 21.8 Å². The predicted octanol–water partition coefficient (Wildman–Crippen LogP) is 4.53. The van der Waals surface area contributed by atoms with Crippen LogP contribution in [-0.2, 0) is 19.5 Å². The van der Waals surface area contributed by atoms with Gasteiger partial charge in [-0.2, -0.15) is 0 Å². The predicted molar refractivity (Wildman–Crippen MR) is 115 cm³/mol. The van der Waals surface area contributed by atoms with Gasteiger partial charge < -0.3 is 0 Å². The molecule has 0 aliphatic carbocycles. The third-order valence-corrected chi connectivity index (χ3v) is 6.39. The molecule has 0 bridgehead atoms. The summed E-state index contributed by atoms with van der Waals surface area (Å²) in [5, 5.41) is 0. The molecule has 144 valence electrons. The van der Waals surface area contributed by atoms with Crippen molar-refractivity contribution in [3.63, 3.8) is 0 Å². The Bertz CT molecular complexity index is 1140. The molecule has 4 heterocycles. The molecule has 3 aromatic heterocycles. The van der Waals surface area contributed by atoms with E-state index in [0.717, 1.165) is 37.3 Å². The molecule has 1 aliphatic rings. The highest BCUT2D eigenvalue weighted by atomic mass is 32.1. The van der Waals surface area contributed by atoms with E-state index < -0.39 is 0 Å². The maximum atomic E-state index is 4.76. The lowest BCUT2D eigenvalue weighted by Crippen LogP contribution is -2.30. The summed E-state index contributed by atoms with van der Waals surface area (Å²) in [6.07, 6.45) is 7.94. The van der Waals surface area contributed by atoms with Crippen molar-refractivity contribution in [1.29, 1.82) is 0 Å². The van der Waals surface area contributed by atoms with Gasteiger partial charge >= 0.3 is 0 Å². The summed E-state index contributed by atoms with van der Waals surface area (Å²) >= 11 is 1.89. The Morgan fingerprint density at radius 1 is 1.03 bits per heavy atom. The number of benzene rings is 1. The fourth-order valence-corrected chi connectivity index (χ4v) is 4.88. The Labute approximate surface area is 174 Å². The van der Waals surface area contributed by atoms with Crippen molar-refractivity contribution >= 4 is 11.3 Å². The Kier molecular flexibility index (Phi) is 4.87. The SMILES string of the molecule is Cc1ccccc1-c1ccc(CN2CCc3nc(-c4cncnc4)ncc3C2)s1. The first-order valence-corrected chi connectivity index (χ1v) is 10.5. The molecule has 4 aromatic rings. The summed E-state index contributed by atoms with van der Waals surface area (Å²) in [7, 11) is 0. The molecule has 0 radical (unpaired) electrons. The van der Waals surface area contributed by atoms with Gasteiger partial charge in [0.1, 0.15) is 6.33 Å². The van der Waals surface area contributed by atoms with Gasteiger partial charge in [-0.25, -0.2) is 19.9 Å². The molecule has 29 heavy (non-hydrogen) atoms. The van der Waals surface area contributed by atoms with E-state index in [1.54, 1.807) is 12.4 Å². The minimum Gasteiger partial charge on any atom is -0.293 e. The average molecular weight is 400 g/mol. The Balaban J connectivity index is 1.30. The number of hydrogen-bond donors (Lipinski definition) is 0. The van der Waals surface area contributed by atoms with Crippen LogP contribution in [0.25, 0.3) is 21.8 Å². The fourth-order valence-electron chi connectivity index (χ4n) is 3.74. The van der Waals surface area contributed by atoms with Gasteiger partial charge in [-0.05, 0) is 30.2 Å². The number of rotatable bonds is 4. The van der Waals surface area contributed by atoms with E-state index in [1.807, 2.05) is 17.5 Å². The number of thiophene rings is 1.